The molecule has 0 radical (unpaired) electrons. The maximum atomic E-state index is 11.8. The molecule has 1 saturated heterocycles. The van der Waals surface area contributed by atoms with Crippen LogP contribution in [-0.4, -0.2) is 44.3 Å². The predicted molar refractivity (Wildman–Crippen MR) is 82.8 cm³/mol. The molecule has 24 heavy (non-hydrogen) atoms. The van der Waals surface area contributed by atoms with E-state index < -0.39 is 34.4 Å². The first kappa shape index (κ1) is 17.7. The zero-order valence-electron chi connectivity index (χ0n) is 12.8. The number of nitrogens with zero attached hydrogens (tertiary/aromatic N) is 1. The van der Waals surface area contributed by atoms with E-state index in [1.54, 1.807) is 30.3 Å². The maximum Gasteiger partial charge on any atom is 0.534 e. The highest BCUT2D eigenvalue weighted by Gasteiger charge is 2.33. The van der Waals surface area contributed by atoms with E-state index >= 15 is 0 Å². The molecule has 0 atom stereocenters. The number of imide groups is 1. The first-order valence-electron chi connectivity index (χ1n) is 6.93. The number of rotatable bonds is 5. The van der Waals surface area contributed by atoms with E-state index in [0.29, 0.717) is 10.6 Å². The molecule has 1 fully saturated rings. The summed E-state index contributed by atoms with van der Waals surface area (Å²) in [6, 6.07) is 8.60. The lowest BCUT2D eigenvalue weighted by Gasteiger charge is -2.13. The molecule has 0 spiro atoms. The van der Waals surface area contributed by atoms with Crippen LogP contribution in [0.15, 0.2) is 35.2 Å². The highest BCUT2D eigenvalue weighted by atomic mass is 32.2. The average molecular weight is 353 g/mol. The van der Waals surface area contributed by atoms with Gasteiger partial charge in [-0.2, -0.15) is 0 Å². The van der Waals surface area contributed by atoms with Gasteiger partial charge in [-0.05, 0) is 11.6 Å². The van der Waals surface area contributed by atoms with Crippen LogP contribution in [0.5, 0.6) is 0 Å². The number of benzene rings is 1. The monoisotopic (exact) mass is 353 g/mol. The van der Waals surface area contributed by atoms with Crippen molar-refractivity contribution in [3.8, 4) is 0 Å². The minimum Gasteiger partial charge on any atom is -0.427 e. The highest BCUT2D eigenvalue weighted by molar-refractivity contribution is 7.94. The van der Waals surface area contributed by atoms with E-state index in [1.807, 2.05) is 0 Å². The van der Waals surface area contributed by atoms with Gasteiger partial charge >= 0.3 is 6.16 Å². The van der Waals surface area contributed by atoms with Crippen molar-refractivity contribution in [1.82, 2.24) is 5.06 Å². The Morgan fingerprint density at radius 2 is 1.75 bits per heavy atom. The van der Waals surface area contributed by atoms with Gasteiger partial charge in [-0.3, -0.25) is 14.4 Å². The summed E-state index contributed by atoms with van der Waals surface area (Å²) in [4.78, 5) is 38.6. The Labute approximate surface area is 138 Å². The standard InChI is InChI=1S/C15H15NO7S/c1-24(20,21)12(9-11-5-3-2-4-6-11)10-22-15(19)23-16-13(17)7-8-14(16)18/h2-6,9H,7-8,10H2,1H3/b12-9+. The number of hydroxylamine groups is 2. The molecule has 0 aromatic heterocycles. The molecule has 2 rings (SSSR count). The van der Waals surface area contributed by atoms with E-state index in [2.05, 4.69) is 4.84 Å². The van der Waals surface area contributed by atoms with Crippen molar-refractivity contribution in [2.75, 3.05) is 12.9 Å². The van der Waals surface area contributed by atoms with Crippen molar-refractivity contribution in [1.29, 1.82) is 0 Å². The number of carbonyl (C=O) groups is 3. The molecule has 8 nitrogen and oxygen atoms in total. The molecule has 1 heterocycles. The Bertz CT molecular complexity index is 767. The number of amides is 2. The van der Waals surface area contributed by atoms with Gasteiger partial charge < -0.3 is 4.74 Å². The lowest BCUT2D eigenvalue weighted by atomic mass is 10.2. The zero-order valence-corrected chi connectivity index (χ0v) is 13.6. The largest absolute Gasteiger partial charge is 0.534 e. The van der Waals surface area contributed by atoms with Crippen LogP contribution < -0.4 is 0 Å². The van der Waals surface area contributed by atoms with E-state index in [4.69, 9.17) is 4.74 Å². The van der Waals surface area contributed by atoms with E-state index in [1.165, 1.54) is 6.08 Å². The molecule has 128 valence electrons. The fraction of sp³-hybridized carbons (Fsp3) is 0.267. The van der Waals surface area contributed by atoms with Crippen LogP contribution in [0.25, 0.3) is 6.08 Å². The first-order valence-corrected chi connectivity index (χ1v) is 8.82. The Hall–Kier alpha value is -2.68. The minimum atomic E-state index is -3.63. The Balaban J connectivity index is 2.03. The van der Waals surface area contributed by atoms with Gasteiger partial charge in [0.1, 0.15) is 6.61 Å². The summed E-state index contributed by atoms with van der Waals surface area (Å²) in [5, 5.41) is 0.323. The van der Waals surface area contributed by atoms with Gasteiger partial charge in [-0.1, -0.05) is 35.4 Å². The summed E-state index contributed by atoms with van der Waals surface area (Å²) in [6.07, 6.45) is 0.906. The average Bonchev–Trinajstić information content (AvgIpc) is 2.83. The molecular weight excluding hydrogens is 338 g/mol. The molecule has 1 aromatic carbocycles. The van der Waals surface area contributed by atoms with Gasteiger partial charge in [-0.25, -0.2) is 13.2 Å². The van der Waals surface area contributed by atoms with Gasteiger partial charge in [0.05, 0.1) is 4.91 Å². The summed E-state index contributed by atoms with van der Waals surface area (Å²) < 4.78 is 28.3. The molecule has 1 aromatic rings. The van der Waals surface area contributed by atoms with Crippen molar-refractivity contribution in [3.05, 3.63) is 40.8 Å². The second-order valence-electron chi connectivity index (χ2n) is 5.01. The molecule has 1 aliphatic rings. The Morgan fingerprint density at radius 1 is 1.17 bits per heavy atom. The Morgan fingerprint density at radius 3 is 2.29 bits per heavy atom. The molecular formula is C15H15NO7S. The van der Waals surface area contributed by atoms with Crippen LogP contribution in [0.3, 0.4) is 0 Å². The number of hydrogen-bond acceptors (Lipinski definition) is 7. The number of hydrogen-bond donors (Lipinski definition) is 0. The SMILES string of the molecule is CS(=O)(=O)/C(=C/c1ccccc1)COC(=O)ON1C(=O)CCC1=O. The first-order chi connectivity index (χ1) is 11.3. The molecule has 1 aliphatic heterocycles. The normalized spacial score (nSPS) is 15.5. The zero-order chi connectivity index (χ0) is 17.7. The third-order valence-electron chi connectivity index (χ3n) is 3.11. The van der Waals surface area contributed by atoms with Crippen molar-refractivity contribution in [2.24, 2.45) is 0 Å². The summed E-state index contributed by atoms with van der Waals surface area (Å²) >= 11 is 0. The highest BCUT2D eigenvalue weighted by Crippen LogP contribution is 2.15. The van der Waals surface area contributed by atoms with Crippen LogP contribution >= 0.6 is 0 Å². The van der Waals surface area contributed by atoms with Gasteiger partial charge in [0.15, 0.2) is 9.84 Å². The Kier molecular flexibility index (Phi) is 5.35. The van der Waals surface area contributed by atoms with Crippen molar-refractivity contribution < 1.29 is 32.4 Å². The van der Waals surface area contributed by atoms with Gasteiger partial charge in [-0.15, -0.1) is 0 Å². The third-order valence-corrected chi connectivity index (χ3v) is 4.30. The second-order valence-corrected chi connectivity index (χ2v) is 7.07. The molecule has 0 N–H and O–H groups in total. The van der Waals surface area contributed by atoms with Crippen LogP contribution in [0.1, 0.15) is 18.4 Å². The molecule has 0 unspecified atom stereocenters. The summed E-state index contributed by atoms with van der Waals surface area (Å²) in [6.45, 7) is -0.581. The van der Waals surface area contributed by atoms with E-state index in [0.717, 1.165) is 6.26 Å². The quantitative estimate of drug-likeness (QED) is 0.580. The second kappa shape index (κ2) is 7.26. The fourth-order valence-corrected chi connectivity index (χ4v) is 2.50. The molecule has 0 bridgehead atoms. The fourth-order valence-electron chi connectivity index (χ4n) is 1.88. The van der Waals surface area contributed by atoms with E-state index in [9.17, 15) is 22.8 Å². The third kappa shape index (κ3) is 4.66. The lowest BCUT2D eigenvalue weighted by Crippen LogP contribution is -2.32. The van der Waals surface area contributed by atoms with Crippen LogP contribution in [-0.2, 0) is 29.0 Å². The lowest BCUT2D eigenvalue weighted by molar-refractivity contribution is -0.176. The van der Waals surface area contributed by atoms with Crippen LogP contribution in [0.2, 0.25) is 0 Å². The van der Waals surface area contributed by atoms with Crippen LogP contribution in [0.4, 0.5) is 4.79 Å². The summed E-state index contributed by atoms with van der Waals surface area (Å²) in [5.74, 6) is -1.31. The van der Waals surface area contributed by atoms with E-state index in [-0.39, 0.29) is 17.7 Å². The molecule has 0 saturated carbocycles. The molecule has 9 heteroatoms. The van der Waals surface area contributed by atoms with Crippen molar-refractivity contribution in [2.45, 2.75) is 12.8 Å². The predicted octanol–water partition coefficient (Wildman–Crippen LogP) is 1.29. The molecule has 0 aliphatic carbocycles. The van der Waals surface area contributed by atoms with Gasteiger partial charge in [0.2, 0.25) is 0 Å². The van der Waals surface area contributed by atoms with Gasteiger partial charge in [0, 0.05) is 19.1 Å². The number of carbonyl (C=O) groups excluding carboxylic acids is 3. The number of sulfone groups is 1. The topological polar surface area (TPSA) is 107 Å². The summed E-state index contributed by atoms with van der Waals surface area (Å²) in [5.41, 5.74) is 0.611. The maximum absolute atomic E-state index is 11.8. The summed E-state index contributed by atoms with van der Waals surface area (Å²) in [7, 11) is -3.63. The minimum absolute atomic E-state index is 0.0470. The van der Waals surface area contributed by atoms with Crippen molar-refractivity contribution >= 4 is 33.9 Å². The van der Waals surface area contributed by atoms with Crippen LogP contribution in [0, 0.1) is 0 Å². The van der Waals surface area contributed by atoms with Crippen molar-refractivity contribution in [3.63, 3.8) is 0 Å². The molecule has 2 amide bonds. The smallest absolute Gasteiger partial charge is 0.427 e. The van der Waals surface area contributed by atoms with Gasteiger partial charge in [0.25, 0.3) is 11.8 Å². The number of ether oxygens (including phenoxy) is 1.